The Labute approximate surface area is 292 Å². The molecule has 0 aliphatic carbocycles. The fourth-order valence-corrected chi connectivity index (χ4v) is 8.30. The topological polar surface area (TPSA) is 98.1 Å². The molecule has 7 rings (SSSR count). The van der Waals surface area contributed by atoms with Gasteiger partial charge in [-0.2, -0.15) is 15.2 Å². The lowest BCUT2D eigenvalue weighted by molar-refractivity contribution is -0.131. The molecule has 2 aromatic carbocycles. The molecule has 0 bridgehead atoms. The quantitative estimate of drug-likeness (QED) is 0.283. The largest absolute Gasteiger partial charge is 0.463 e. The van der Waals surface area contributed by atoms with Crippen LogP contribution in [0.4, 0.5) is 15.9 Å². The van der Waals surface area contributed by atoms with E-state index in [1.165, 1.54) is 4.90 Å². The summed E-state index contributed by atoms with van der Waals surface area (Å²) in [6, 6.07) is 14.8. The van der Waals surface area contributed by atoms with Crippen LogP contribution < -0.4 is 14.5 Å². The first-order chi connectivity index (χ1) is 23.9. The van der Waals surface area contributed by atoms with Gasteiger partial charge in [-0.05, 0) is 56.2 Å². The molecule has 1 unspecified atom stereocenters. The molecular formula is C37H43ClFN7O3. The number of anilines is 2. The number of halogens is 2. The number of hydrogen-bond acceptors (Lipinski definition) is 9. The first-order valence-electron chi connectivity index (χ1n) is 17.4. The smallest absolute Gasteiger partial charge is 0.318 e. The summed E-state index contributed by atoms with van der Waals surface area (Å²) in [6.07, 6.45) is 5.16. The highest BCUT2D eigenvalue weighted by Crippen LogP contribution is 2.37. The Morgan fingerprint density at radius 3 is 2.67 bits per heavy atom. The summed E-state index contributed by atoms with van der Waals surface area (Å²) in [4.78, 5) is 31.1. The number of aromatic nitrogens is 2. The molecule has 10 nitrogen and oxygen atoms in total. The number of carbonyl (C=O) groups is 1. The number of nitrogens with zero attached hydrogens (tertiary/aromatic N) is 7. The van der Waals surface area contributed by atoms with Crippen LogP contribution in [-0.2, 0) is 22.5 Å². The molecule has 12 heteroatoms. The summed E-state index contributed by atoms with van der Waals surface area (Å²) >= 11 is 6.73. The van der Waals surface area contributed by atoms with Crippen molar-refractivity contribution < 1.29 is 18.7 Å². The van der Waals surface area contributed by atoms with Crippen LogP contribution in [0, 0.1) is 17.2 Å². The van der Waals surface area contributed by atoms with Crippen molar-refractivity contribution in [3.05, 3.63) is 65.1 Å². The van der Waals surface area contributed by atoms with Gasteiger partial charge in [0.1, 0.15) is 5.82 Å². The predicted octanol–water partition coefficient (Wildman–Crippen LogP) is 5.53. The molecule has 4 aliphatic heterocycles. The number of rotatable bonds is 8. The summed E-state index contributed by atoms with van der Waals surface area (Å²) in [5.74, 6) is -0.645. The van der Waals surface area contributed by atoms with Crippen LogP contribution in [0.25, 0.3) is 10.8 Å². The number of benzene rings is 2. The second-order valence-corrected chi connectivity index (χ2v) is 14.0. The van der Waals surface area contributed by atoms with Gasteiger partial charge in [-0.15, -0.1) is 0 Å². The Balaban J connectivity index is 1.17. The first-order valence-corrected chi connectivity index (χ1v) is 17.8. The van der Waals surface area contributed by atoms with Crippen LogP contribution >= 0.6 is 11.6 Å². The van der Waals surface area contributed by atoms with Gasteiger partial charge in [0.05, 0.1) is 42.4 Å². The van der Waals surface area contributed by atoms with Gasteiger partial charge < -0.3 is 24.2 Å². The average Bonchev–Trinajstić information content (AvgIpc) is 3.13. The zero-order chi connectivity index (χ0) is 33.9. The number of fused-ring (bicyclic) bond motifs is 2. The van der Waals surface area contributed by atoms with E-state index in [9.17, 15) is 14.4 Å². The highest BCUT2D eigenvalue weighted by Gasteiger charge is 2.35. The maximum absolute atomic E-state index is 13.9. The maximum atomic E-state index is 13.9. The number of ether oxygens (including phenoxy) is 2. The van der Waals surface area contributed by atoms with Crippen molar-refractivity contribution in [1.82, 2.24) is 19.8 Å². The van der Waals surface area contributed by atoms with E-state index in [0.717, 1.165) is 92.1 Å². The van der Waals surface area contributed by atoms with E-state index in [0.29, 0.717) is 55.7 Å². The van der Waals surface area contributed by atoms with E-state index < -0.39 is 17.8 Å². The van der Waals surface area contributed by atoms with E-state index in [1.807, 2.05) is 12.1 Å². The molecule has 3 fully saturated rings. The lowest BCUT2D eigenvalue weighted by Gasteiger charge is -2.42. The Morgan fingerprint density at radius 2 is 1.88 bits per heavy atom. The predicted molar refractivity (Wildman–Crippen MR) is 188 cm³/mol. The molecule has 5 heterocycles. The van der Waals surface area contributed by atoms with Crippen molar-refractivity contribution in [2.45, 2.75) is 57.2 Å². The summed E-state index contributed by atoms with van der Waals surface area (Å²) < 4.78 is 26.0. The molecule has 2 atom stereocenters. The minimum Gasteiger partial charge on any atom is -0.463 e. The number of nitriles is 1. The number of amides is 1. The van der Waals surface area contributed by atoms with E-state index >= 15 is 0 Å². The standard InChI is InChI=1S/C37H43ClFN7O3/c1-25(39)36(47)46-18-17-45(22-29(46)10-14-40)35-30-11-16-44(33-9-3-7-27-6-2-8-31(38)34(27)33)23-32(30)41-37(42-35)49-24-26-5-4-15-43(21-26)28-12-19-48-20-13-28/h2-3,6-9,26,28-29H,1,4-5,10-13,15-24H2/t26?,29-/m0/s1. The third-order valence-electron chi connectivity index (χ3n) is 10.5. The number of likely N-dealkylation sites (tertiary alicyclic amines) is 1. The van der Waals surface area contributed by atoms with Gasteiger partial charge in [-0.3, -0.25) is 9.69 Å². The molecule has 4 aliphatic rings. The van der Waals surface area contributed by atoms with Gasteiger partial charge in [-0.1, -0.05) is 42.4 Å². The Morgan fingerprint density at radius 1 is 1.06 bits per heavy atom. The Bertz CT molecular complexity index is 1740. The molecule has 3 aromatic rings. The molecule has 0 N–H and O–H groups in total. The van der Waals surface area contributed by atoms with Crippen LogP contribution in [0.15, 0.2) is 48.8 Å². The molecule has 258 valence electrons. The van der Waals surface area contributed by atoms with Crippen molar-refractivity contribution in [3.63, 3.8) is 0 Å². The molecule has 1 aromatic heterocycles. The third-order valence-corrected chi connectivity index (χ3v) is 10.8. The summed E-state index contributed by atoms with van der Waals surface area (Å²) in [7, 11) is 0. The summed E-state index contributed by atoms with van der Waals surface area (Å²) in [5.41, 5.74) is 2.97. The molecule has 0 saturated carbocycles. The molecule has 0 radical (unpaired) electrons. The fourth-order valence-electron chi connectivity index (χ4n) is 8.02. The molecule has 1 amide bonds. The first kappa shape index (κ1) is 33.5. The third kappa shape index (κ3) is 7.18. The number of carbonyl (C=O) groups excluding carboxylic acids is 1. The zero-order valence-electron chi connectivity index (χ0n) is 27.8. The minimum absolute atomic E-state index is 0.0765. The summed E-state index contributed by atoms with van der Waals surface area (Å²) in [6.45, 7) is 9.83. The SMILES string of the molecule is C=C(F)C(=O)N1CCN(c2nc(OCC3CCCN(C4CCOCC4)C3)nc3c2CCN(c2cccc4cccc(Cl)c24)C3)C[C@@H]1CC#N. The normalized spacial score (nSPS) is 22.1. The van der Waals surface area contributed by atoms with Crippen LogP contribution in [0.1, 0.15) is 43.4 Å². The van der Waals surface area contributed by atoms with Crippen LogP contribution in [0.2, 0.25) is 5.02 Å². The number of piperidine rings is 1. The second-order valence-electron chi connectivity index (χ2n) is 13.6. The molecule has 49 heavy (non-hydrogen) atoms. The maximum Gasteiger partial charge on any atom is 0.318 e. The Kier molecular flexibility index (Phi) is 10.2. The van der Waals surface area contributed by atoms with E-state index in [-0.39, 0.29) is 13.0 Å². The van der Waals surface area contributed by atoms with Crippen LogP contribution in [0.5, 0.6) is 6.01 Å². The van der Waals surface area contributed by atoms with Gasteiger partial charge in [0.2, 0.25) is 0 Å². The van der Waals surface area contributed by atoms with E-state index in [1.54, 1.807) is 0 Å². The molecule has 3 saturated heterocycles. The van der Waals surface area contributed by atoms with Gasteiger partial charge >= 0.3 is 6.01 Å². The Hall–Kier alpha value is -3.98. The van der Waals surface area contributed by atoms with Crippen molar-refractivity contribution in [2.24, 2.45) is 5.92 Å². The lowest BCUT2D eigenvalue weighted by Crippen LogP contribution is -2.55. The van der Waals surface area contributed by atoms with E-state index in [4.69, 9.17) is 31.0 Å². The molecule has 0 spiro atoms. The average molecular weight is 688 g/mol. The minimum atomic E-state index is -1.02. The highest BCUT2D eigenvalue weighted by atomic mass is 35.5. The number of piperazine rings is 1. The monoisotopic (exact) mass is 687 g/mol. The zero-order valence-corrected chi connectivity index (χ0v) is 28.6. The van der Waals surface area contributed by atoms with Crippen molar-refractivity contribution in [1.29, 1.82) is 5.26 Å². The van der Waals surface area contributed by atoms with Crippen molar-refractivity contribution in [3.8, 4) is 12.1 Å². The van der Waals surface area contributed by atoms with Gasteiger partial charge in [0.15, 0.2) is 5.83 Å². The lowest BCUT2D eigenvalue weighted by atomic mass is 9.95. The molecular weight excluding hydrogens is 645 g/mol. The number of hydrogen-bond donors (Lipinski definition) is 0. The van der Waals surface area contributed by atoms with Gasteiger partial charge in [0, 0.05) is 74.5 Å². The van der Waals surface area contributed by atoms with Crippen LogP contribution in [-0.4, -0.2) is 96.8 Å². The second kappa shape index (κ2) is 14.9. The van der Waals surface area contributed by atoms with Crippen molar-refractivity contribution >= 4 is 39.8 Å². The van der Waals surface area contributed by atoms with E-state index in [2.05, 4.69) is 51.6 Å². The van der Waals surface area contributed by atoms with Crippen molar-refractivity contribution in [2.75, 3.05) is 68.9 Å². The summed E-state index contributed by atoms with van der Waals surface area (Å²) in [5, 5.41) is 12.4. The van der Waals surface area contributed by atoms with Crippen LogP contribution in [0.3, 0.4) is 0 Å². The van der Waals surface area contributed by atoms with Gasteiger partial charge in [0.25, 0.3) is 5.91 Å². The van der Waals surface area contributed by atoms with Gasteiger partial charge in [-0.25, -0.2) is 4.39 Å². The highest BCUT2D eigenvalue weighted by molar-refractivity contribution is 6.36. The fraction of sp³-hybridized carbons (Fsp3) is 0.514.